The van der Waals surface area contributed by atoms with E-state index in [9.17, 15) is 9.59 Å². The fraction of sp³-hybridized carbons (Fsp3) is 0.105. The third kappa shape index (κ3) is 4.29. The van der Waals surface area contributed by atoms with E-state index < -0.39 is 0 Å². The van der Waals surface area contributed by atoms with E-state index in [-0.39, 0.29) is 24.1 Å². The molecule has 0 unspecified atom stereocenters. The lowest BCUT2D eigenvalue weighted by molar-refractivity contribution is 0.101. The number of nitrogens with one attached hydrogen (secondary N) is 1. The van der Waals surface area contributed by atoms with Gasteiger partial charge in [-0.25, -0.2) is 4.68 Å². The van der Waals surface area contributed by atoms with Gasteiger partial charge in [-0.1, -0.05) is 23.7 Å². The Labute approximate surface area is 155 Å². The number of benzene rings is 2. The Morgan fingerprint density at radius 2 is 1.85 bits per heavy atom. The topological polar surface area (TPSA) is 73.2 Å². The van der Waals surface area contributed by atoms with E-state index in [1.807, 2.05) is 12.1 Å². The van der Waals surface area contributed by atoms with Crippen LogP contribution in [0, 0.1) is 0 Å². The number of carbonyl (C=O) groups is 2. The molecule has 0 saturated heterocycles. The van der Waals surface area contributed by atoms with E-state index in [0.29, 0.717) is 22.0 Å². The van der Waals surface area contributed by atoms with Gasteiger partial charge in [0.2, 0.25) is 0 Å². The van der Waals surface area contributed by atoms with Crippen LogP contribution in [0.1, 0.15) is 27.8 Å². The molecule has 0 fully saturated rings. The first-order valence-corrected chi connectivity index (χ1v) is 8.24. The van der Waals surface area contributed by atoms with Crippen LogP contribution >= 0.6 is 11.6 Å². The summed E-state index contributed by atoms with van der Waals surface area (Å²) in [6, 6.07) is 15.4. The number of rotatable bonds is 6. The number of amides is 1. The van der Waals surface area contributed by atoms with Crippen molar-refractivity contribution in [3.63, 3.8) is 0 Å². The van der Waals surface area contributed by atoms with Gasteiger partial charge >= 0.3 is 0 Å². The van der Waals surface area contributed by atoms with Crippen molar-refractivity contribution < 1.29 is 14.3 Å². The molecule has 0 radical (unpaired) electrons. The summed E-state index contributed by atoms with van der Waals surface area (Å²) in [7, 11) is 0. The zero-order valence-corrected chi connectivity index (χ0v) is 14.7. The summed E-state index contributed by atoms with van der Waals surface area (Å²) in [5.41, 5.74) is 1.43. The molecule has 0 aliphatic carbocycles. The van der Waals surface area contributed by atoms with Gasteiger partial charge < -0.3 is 10.1 Å². The second-order valence-corrected chi connectivity index (χ2v) is 5.94. The number of para-hydroxylation sites is 1. The molecule has 1 N–H and O–H groups in total. The van der Waals surface area contributed by atoms with Crippen LogP contribution in [-0.4, -0.2) is 21.5 Å². The summed E-state index contributed by atoms with van der Waals surface area (Å²) in [5, 5.41) is 7.42. The van der Waals surface area contributed by atoms with Crippen molar-refractivity contribution in [1.82, 2.24) is 9.78 Å². The van der Waals surface area contributed by atoms with Crippen LogP contribution in [0.4, 0.5) is 5.69 Å². The van der Waals surface area contributed by atoms with E-state index >= 15 is 0 Å². The molecule has 1 amide bonds. The van der Waals surface area contributed by atoms with Crippen LogP contribution in [0.25, 0.3) is 0 Å². The van der Waals surface area contributed by atoms with Crippen molar-refractivity contribution in [3.05, 3.63) is 77.1 Å². The lowest BCUT2D eigenvalue weighted by atomic mass is 10.1. The molecule has 3 rings (SSSR count). The number of ether oxygens (including phenoxy) is 1. The Hall–Kier alpha value is -3.12. The van der Waals surface area contributed by atoms with Crippen LogP contribution in [0.15, 0.2) is 60.8 Å². The molecular formula is C19H16ClN3O3. The fourth-order valence-corrected chi connectivity index (χ4v) is 2.43. The largest absolute Gasteiger partial charge is 0.470 e. The minimum absolute atomic E-state index is 0.0276. The van der Waals surface area contributed by atoms with Crippen molar-refractivity contribution in [2.45, 2.75) is 13.7 Å². The second-order valence-electron chi connectivity index (χ2n) is 5.53. The van der Waals surface area contributed by atoms with Crippen LogP contribution in [0.5, 0.6) is 5.75 Å². The fourth-order valence-electron chi connectivity index (χ4n) is 2.24. The summed E-state index contributed by atoms with van der Waals surface area (Å²) in [6.07, 6.45) is 1.64. The standard InChI is InChI=1S/C19H16ClN3O3/c1-13(24)14-6-8-15(9-7-14)21-19(25)17-10-11-23(22-17)12-26-18-5-3-2-4-16(18)20/h2-11H,12H2,1H3,(H,21,25). The molecular weight excluding hydrogens is 354 g/mol. The molecule has 7 heteroatoms. The van der Waals surface area contributed by atoms with Crippen molar-refractivity contribution in [2.24, 2.45) is 0 Å². The lowest BCUT2D eigenvalue weighted by Gasteiger charge is -2.07. The van der Waals surface area contributed by atoms with Crippen LogP contribution in [0.2, 0.25) is 5.02 Å². The number of carbonyl (C=O) groups excluding carboxylic acids is 2. The Morgan fingerprint density at radius 1 is 1.12 bits per heavy atom. The molecule has 26 heavy (non-hydrogen) atoms. The van der Waals surface area contributed by atoms with Crippen molar-refractivity contribution in [2.75, 3.05) is 5.32 Å². The van der Waals surface area contributed by atoms with Gasteiger partial charge in [0.05, 0.1) is 5.02 Å². The molecule has 3 aromatic rings. The van der Waals surface area contributed by atoms with Crippen LogP contribution in [0.3, 0.4) is 0 Å². The molecule has 0 atom stereocenters. The lowest BCUT2D eigenvalue weighted by Crippen LogP contribution is -2.14. The van der Waals surface area contributed by atoms with Crippen molar-refractivity contribution in [1.29, 1.82) is 0 Å². The van der Waals surface area contributed by atoms with Gasteiger partial charge in [0.25, 0.3) is 5.91 Å². The second kappa shape index (κ2) is 7.84. The number of hydrogen-bond donors (Lipinski definition) is 1. The Morgan fingerprint density at radius 3 is 2.54 bits per heavy atom. The third-order valence-electron chi connectivity index (χ3n) is 3.61. The number of anilines is 1. The maximum Gasteiger partial charge on any atom is 0.276 e. The average molecular weight is 370 g/mol. The Bertz CT molecular complexity index is 935. The molecule has 0 bridgehead atoms. The summed E-state index contributed by atoms with van der Waals surface area (Å²) in [5.74, 6) is 0.165. The van der Waals surface area contributed by atoms with E-state index in [4.69, 9.17) is 16.3 Å². The number of nitrogens with zero attached hydrogens (tertiary/aromatic N) is 2. The zero-order chi connectivity index (χ0) is 18.5. The number of hydrogen-bond acceptors (Lipinski definition) is 4. The minimum atomic E-state index is -0.350. The Balaban J connectivity index is 1.60. The predicted octanol–water partition coefficient (Wildman–Crippen LogP) is 4.03. The highest BCUT2D eigenvalue weighted by Gasteiger charge is 2.11. The molecule has 6 nitrogen and oxygen atoms in total. The zero-order valence-electron chi connectivity index (χ0n) is 14.0. The highest BCUT2D eigenvalue weighted by atomic mass is 35.5. The van der Waals surface area contributed by atoms with E-state index in [0.717, 1.165) is 0 Å². The third-order valence-corrected chi connectivity index (χ3v) is 3.92. The predicted molar refractivity (Wildman–Crippen MR) is 98.7 cm³/mol. The number of ketones is 1. The number of halogens is 1. The maximum atomic E-state index is 12.3. The summed E-state index contributed by atoms with van der Waals surface area (Å²) >= 11 is 6.03. The monoisotopic (exact) mass is 369 g/mol. The highest BCUT2D eigenvalue weighted by Crippen LogP contribution is 2.23. The van der Waals surface area contributed by atoms with Gasteiger partial charge in [-0.3, -0.25) is 9.59 Å². The normalized spacial score (nSPS) is 10.4. The first kappa shape index (κ1) is 17.7. The average Bonchev–Trinajstić information content (AvgIpc) is 3.11. The maximum absolute atomic E-state index is 12.3. The molecule has 132 valence electrons. The van der Waals surface area contributed by atoms with Crippen molar-refractivity contribution >= 4 is 29.0 Å². The summed E-state index contributed by atoms with van der Waals surface area (Å²) in [6.45, 7) is 1.62. The van der Waals surface area contributed by atoms with Gasteiger partial charge in [-0.15, -0.1) is 0 Å². The van der Waals surface area contributed by atoms with Crippen LogP contribution < -0.4 is 10.1 Å². The smallest absolute Gasteiger partial charge is 0.276 e. The molecule has 0 aliphatic rings. The minimum Gasteiger partial charge on any atom is -0.470 e. The molecule has 0 aliphatic heterocycles. The van der Waals surface area contributed by atoms with E-state index in [1.165, 1.54) is 11.6 Å². The molecule has 1 aromatic heterocycles. The highest BCUT2D eigenvalue weighted by molar-refractivity contribution is 6.32. The number of aromatic nitrogens is 2. The molecule has 0 saturated carbocycles. The quantitative estimate of drug-likeness (QED) is 0.666. The van der Waals surface area contributed by atoms with Gasteiger partial charge in [0.15, 0.2) is 18.2 Å². The first-order valence-electron chi connectivity index (χ1n) is 7.86. The summed E-state index contributed by atoms with van der Waals surface area (Å²) < 4.78 is 7.07. The summed E-state index contributed by atoms with van der Waals surface area (Å²) in [4.78, 5) is 23.5. The Kier molecular flexibility index (Phi) is 5.34. The first-order chi connectivity index (χ1) is 12.5. The van der Waals surface area contributed by atoms with Gasteiger partial charge in [0, 0.05) is 17.4 Å². The molecule has 2 aromatic carbocycles. The van der Waals surface area contributed by atoms with Gasteiger partial charge in [-0.05, 0) is 49.4 Å². The molecule has 1 heterocycles. The SMILES string of the molecule is CC(=O)c1ccc(NC(=O)c2ccn(COc3ccccc3Cl)n2)cc1. The van der Waals surface area contributed by atoms with Gasteiger partial charge in [-0.2, -0.15) is 5.10 Å². The van der Waals surface area contributed by atoms with E-state index in [2.05, 4.69) is 10.4 Å². The van der Waals surface area contributed by atoms with E-state index in [1.54, 1.807) is 48.7 Å². The van der Waals surface area contributed by atoms with Crippen molar-refractivity contribution in [3.8, 4) is 5.75 Å². The van der Waals surface area contributed by atoms with Crippen LogP contribution in [-0.2, 0) is 6.73 Å². The molecule has 0 spiro atoms. The number of Topliss-reactive ketones (excluding diaryl/α,β-unsaturated/α-hetero) is 1. The van der Waals surface area contributed by atoms with Gasteiger partial charge in [0.1, 0.15) is 5.75 Å².